The quantitative estimate of drug-likeness (QED) is 0.624. The van der Waals surface area contributed by atoms with Gasteiger partial charge in [0.25, 0.3) is 0 Å². The number of carboxylic acid groups (broad SMARTS) is 1. The first-order valence-corrected chi connectivity index (χ1v) is 9.89. The summed E-state index contributed by atoms with van der Waals surface area (Å²) in [6.45, 7) is 5.00. The molecule has 2 aromatic carbocycles. The summed E-state index contributed by atoms with van der Waals surface area (Å²) < 4.78 is 10.8. The molecule has 0 saturated heterocycles. The molecule has 2 N–H and O–H groups in total. The van der Waals surface area contributed by atoms with Gasteiger partial charge >= 0.3 is 12.1 Å². The smallest absolute Gasteiger partial charge is 0.407 e. The molecule has 6 nitrogen and oxygen atoms in total. The summed E-state index contributed by atoms with van der Waals surface area (Å²) in [5.74, 6) is -0.800. The molecule has 0 aromatic heterocycles. The van der Waals surface area contributed by atoms with Gasteiger partial charge in [-0.1, -0.05) is 62.4 Å². The van der Waals surface area contributed by atoms with E-state index in [9.17, 15) is 14.7 Å². The van der Waals surface area contributed by atoms with E-state index < -0.39 is 18.1 Å². The van der Waals surface area contributed by atoms with E-state index in [1.54, 1.807) is 0 Å². The first-order chi connectivity index (χ1) is 14.0. The Morgan fingerprint density at radius 2 is 1.62 bits per heavy atom. The van der Waals surface area contributed by atoms with Crippen LogP contribution in [0, 0.1) is 5.92 Å². The van der Waals surface area contributed by atoms with Crippen molar-refractivity contribution in [2.75, 3.05) is 19.8 Å². The molecule has 1 aliphatic rings. The minimum Gasteiger partial charge on any atom is -0.480 e. The third kappa shape index (κ3) is 5.15. The fraction of sp³-hybridized carbons (Fsp3) is 0.391. The van der Waals surface area contributed by atoms with E-state index in [0.717, 1.165) is 22.3 Å². The summed E-state index contributed by atoms with van der Waals surface area (Å²) in [5, 5.41) is 11.8. The Morgan fingerprint density at radius 3 is 2.17 bits per heavy atom. The molecule has 0 radical (unpaired) electrons. The van der Waals surface area contributed by atoms with Crippen molar-refractivity contribution in [2.45, 2.75) is 32.2 Å². The number of alkyl carbamates (subject to hydrolysis) is 1. The Bertz CT molecular complexity index is 818. The molecule has 1 amide bonds. The zero-order valence-electron chi connectivity index (χ0n) is 16.8. The first kappa shape index (κ1) is 20.9. The lowest BCUT2D eigenvalue weighted by atomic mass is 9.98. The number of nitrogens with one attached hydrogen (secondary N) is 1. The highest BCUT2D eigenvalue weighted by atomic mass is 16.5. The summed E-state index contributed by atoms with van der Waals surface area (Å²) in [6.07, 6.45) is -0.546. The highest BCUT2D eigenvalue weighted by molar-refractivity contribution is 5.81. The van der Waals surface area contributed by atoms with Gasteiger partial charge in [-0.2, -0.15) is 0 Å². The van der Waals surface area contributed by atoms with Gasteiger partial charge < -0.3 is 19.9 Å². The fourth-order valence-electron chi connectivity index (χ4n) is 3.56. The molecule has 2 aromatic rings. The van der Waals surface area contributed by atoms with Crippen LogP contribution in [0.5, 0.6) is 0 Å². The number of rotatable bonds is 9. The lowest BCUT2D eigenvalue weighted by molar-refractivity contribution is -0.139. The topological polar surface area (TPSA) is 84.9 Å². The van der Waals surface area contributed by atoms with Gasteiger partial charge in [0, 0.05) is 25.6 Å². The van der Waals surface area contributed by atoms with Crippen LogP contribution in [0.4, 0.5) is 4.79 Å². The minimum atomic E-state index is -1.10. The van der Waals surface area contributed by atoms with Crippen LogP contribution in [-0.4, -0.2) is 43.0 Å². The molecule has 0 fully saturated rings. The van der Waals surface area contributed by atoms with Gasteiger partial charge in [0.1, 0.15) is 12.6 Å². The van der Waals surface area contributed by atoms with Gasteiger partial charge in [0.2, 0.25) is 0 Å². The predicted molar refractivity (Wildman–Crippen MR) is 110 cm³/mol. The van der Waals surface area contributed by atoms with Crippen molar-refractivity contribution in [1.29, 1.82) is 0 Å². The normalized spacial score (nSPS) is 13.6. The van der Waals surface area contributed by atoms with E-state index in [0.29, 0.717) is 12.5 Å². The molecular formula is C23H27NO5. The van der Waals surface area contributed by atoms with Crippen LogP contribution in [0.15, 0.2) is 48.5 Å². The third-order valence-corrected chi connectivity index (χ3v) is 4.94. The number of carboxylic acids is 1. The maximum Gasteiger partial charge on any atom is 0.407 e. The van der Waals surface area contributed by atoms with E-state index in [4.69, 9.17) is 9.47 Å². The van der Waals surface area contributed by atoms with Crippen molar-refractivity contribution in [3.63, 3.8) is 0 Å². The van der Waals surface area contributed by atoms with Crippen LogP contribution in [0.3, 0.4) is 0 Å². The number of hydrogen-bond acceptors (Lipinski definition) is 4. The van der Waals surface area contributed by atoms with Gasteiger partial charge in [0.15, 0.2) is 0 Å². The van der Waals surface area contributed by atoms with Gasteiger partial charge in [-0.15, -0.1) is 0 Å². The van der Waals surface area contributed by atoms with Crippen molar-refractivity contribution in [3.8, 4) is 11.1 Å². The number of amides is 1. The van der Waals surface area contributed by atoms with E-state index in [-0.39, 0.29) is 25.6 Å². The molecular weight excluding hydrogens is 370 g/mol. The van der Waals surface area contributed by atoms with Crippen molar-refractivity contribution >= 4 is 12.1 Å². The first-order valence-electron chi connectivity index (χ1n) is 9.89. The fourth-order valence-corrected chi connectivity index (χ4v) is 3.56. The Morgan fingerprint density at radius 1 is 1.03 bits per heavy atom. The van der Waals surface area contributed by atoms with Crippen molar-refractivity contribution < 1.29 is 24.2 Å². The van der Waals surface area contributed by atoms with Gasteiger partial charge in [-0.25, -0.2) is 9.59 Å². The molecule has 3 rings (SSSR count). The lowest BCUT2D eigenvalue weighted by Gasteiger charge is -2.17. The summed E-state index contributed by atoms with van der Waals surface area (Å²) in [7, 11) is 0. The van der Waals surface area contributed by atoms with Crippen LogP contribution in [0.1, 0.15) is 37.3 Å². The molecule has 1 atom stereocenters. The van der Waals surface area contributed by atoms with Crippen molar-refractivity contribution in [3.05, 3.63) is 59.7 Å². The minimum absolute atomic E-state index is 0.0641. The maximum atomic E-state index is 12.2. The predicted octanol–water partition coefficient (Wildman–Crippen LogP) is 4.04. The second kappa shape index (κ2) is 9.56. The lowest BCUT2D eigenvalue weighted by Crippen LogP contribution is -2.42. The Balaban J connectivity index is 1.58. The second-order valence-electron chi connectivity index (χ2n) is 7.62. The Labute approximate surface area is 170 Å². The largest absolute Gasteiger partial charge is 0.480 e. The summed E-state index contributed by atoms with van der Waals surface area (Å²) in [6, 6.07) is 15.1. The summed E-state index contributed by atoms with van der Waals surface area (Å²) in [5.41, 5.74) is 4.50. The Hall–Kier alpha value is -2.86. The summed E-state index contributed by atoms with van der Waals surface area (Å²) >= 11 is 0. The van der Waals surface area contributed by atoms with Crippen LogP contribution in [0.25, 0.3) is 11.1 Å². The number of benzene rings is 2. The number of carbonyl (C=O) groups excluding carboxylic acids is 1. The third-order valence-electron chi connectivity index (χ3n) is 4.94. The molecule has 0 unspecified atom stereocenters. The van der Waals surface area contributed by atoms with E-state index in [1.165, 1.54) is 0 Å². The molecule has 0 bridgehead atoms. The average Bonchev–Trinajstić information content (AvgIpc) is 3.02. The molecule has 0 aliphatic heterocycles. The zero-order valence-corrected chi connectivity index (χ0v) is 16.8. The van der Waals surface area contributed by atoms with Crippen molar-refractivity contribution in [1.82, 2.24) is 5.32 Å². The number of ether oxygens (including phenoxy) is 2. The van der Waals surface area contributed by atoms with Gasteiger partial charge in [0.05, 0.1) is 0 Å². The average molecular weight is 397 g/mol. The number of carbonyl (C=O) groups is 2. The zero-order chi connectivity index (χ0) is 20.8. The van der Waals surface area contributed by atoms with E-state index >= 15 is 0 Å². The molecule has 1 aliphatic carbocycles. The molecule has 6 heteroatoms. The second-order valence-corrected chi connectivity index (χ2v) is 7.62. The highest BCUT2D eigenvalue weighted by Gasteiger charge is 2.29. The van der Waals surface area contributed by atoms with Crippen molar-refractivity contribution in [2.24, 2.45) is 5.92 Å². The van der Waals surface area contributed by atoms with Crippen LogP contribution in [-0.2, 0) is 14.3 Å². The molecule has 0 saturated carbocycles. The number of hydrogen-bond donors (Lipinski definition) is 2. The standard InChI is InChI=1S/C23H27NO5/c1-15(2)13-28-12-11-21(22(25)26)24-23(27)29-14-20-18-9-5-3-7-16(18)17-8-4-6-10-19(17)20/h3-10,15,20-21H,11-14H2,1-2H3,(H,24,27)(H,25,26)/t21-/m0/s1. The van der Waals surface area contributed by atoms with Crippen LogP contribution >= 0.6 is 0 Å². The van der Waals surface area contributed by atoms with Crippen LogP contribution < -0.4 is 5.32 Å². The van der Waals surface area contributed by atoms with Crippen LogP contribution in [0.2, 0.25) is 0 Å². The molecule has 0 spiro atoms. The highest BCUT2D eigenvalue weighted by Crippen LogP contribution is 2.44. The maximum absolute atomic E-state index is 12.2. The van der Waals surface area contributed by atoms with Gasteiger partial charge in [-0.05, 0) is 28.2 Å². The van der Waals surface area contributed by atoms with E-state index in [2.05, 4.69) is 17.4 Å². The van der Waals surface area contributed by atoms with E-state index in [1.807, 2.05) is 50.2 Å². The Kier molecular flexibility index (Phi) is 6.88. The molecule has 29 heavy (non-hydrogen) atoms. The summed E-state index contributed by atoms with van der Waals surface area (Å²) in [4.78, 5) is 23.7. The molecule has 0 heterocycles. The molecule has 154 valence electrons. The number of fused-ring (bicyclic) bond motifs is 3. The number of aliphatic carboxylic acids is 1. The van der Waals surface area contributed by atoms with Gasteiger partial charge in [-0.3, -0.25) is 0 Å². The monoisotopic (exact) mass is 397 g/mol. The SMILES string of the molecule is CC(C)COCC[C@H](NC(=O)OCC1c2ccccc2-c2ccccc21)C(=O)O.